The van der Waals surface area contributed by atoms with Crippen LogP contribution in [0.2, 0.25) is 0 Å². The Kier molecular flexibility index (Phi) is 4.65. The highest BCUT2D eigenvalue weighted by atomic mass is 16.2. The zero-order valence-corrected chi connectivity index (χ0v) is 12.0. The van der Waals surface area contributed by atoms with E-state index in [1.54, 1.807) is 19.2 Å². The van der Waals surface area contributed by atoms with E-state index in [1.807, 2.05) is 19.1 Å². The summed E-state index contributed by atoms with van der Waals surface area (Å²) < 4.78 is 0. The molecule has 2 amide bonds. The number of H-pyrrole nitrogens is 1. The fraction of sp³-hybridized carbons (Fsp3) is 0.286. The molecular formula is C14H17N5O2. The first-order valence-corrected chi connectivity index (χ1v) is 6.49. The molecule has 2 rings (SSSR count). The van der Waals surface area contributed by atoms with Crippen molar-refractivity contribution >= 4 is 11.8 Å². The van der Waals surface area contributed by atoms with E-state index in [2.05, 4.69) is 20.5 Å². The van der Waals surface area contributed by atoms with E-state index in [9.17, 15) is 9.59 Å². The van der Waals surface area contributed by atoms with E-state index in [0.717, 1.165) is 5.56 Å². The number of likely N-dealkylation sites (N-methyl/N-ethyl adjacent to an activating group) is 1. The molecule has 0 bridgehead atoms. The van der Waals surface area contributed by atoms with Crippen LogP contribution in [0, 0.1) is 6.92 Å². The zero-order chi connectivity index (χ0) is 15.2. The molecule has 0 aliphatic carbocycles. The first-order chi connectivity index (χ1) is 10.1. The van der Waals surface area contributed by atoms with Gasteiger partial charge in [0, 0.05) is 12.6 Å². The first-order valence-electron chi connectivity index (χ1n) is 6.49. The van der Waals surface area contributed by atoms with E-state index in [0.29, 0.717) is 17.9 Å². The average Bonchev–Trinajstić information content (AvgIpc) is 2.98. The van der Waals surface area contributed by atoms with Gasteiger partial charge in [-0.25, -0.2) is 4.98 Å². The Morgan fingerprint density at radius 1 is 1.29 bits per heavy atom. The highest BCUT2D eigenvalue weighted by Gasteiger charge is 2.12. The summed E-state index contributed by atoms with van der Waals surface area (Å²) in [5.74, 6) is 0.124. The summed E-state index contributed by atoms with van der Waals surface area (Å²) in [5, 5.41) is 8.99. The molecule has 2 aromatic rings. The molecule has 0 saturated carbocycles. The van der Waals surface area contributed by atoms with Crippen LogP contribution in [0.1, 0.15) is 21.7 Å². The van der Waals surface area contributed by atoms with Crippen LogP contribution in [0.3, 0.4) is 0 Å². The standard InChI is InChI=1S/C14H17N5O2/c1-10-3-5-11(6-4-10)14(21)15-7-13(20)19(2)8-12-16-9-17-18-12/h3-6,9H,7-8H2,1-2H3,(H,15,21)(H,16,17,18). The maximum Gasteiger partial charge on any atom is 0.251 e. The van der Waals surface area contributed by atoms with Gasteiger partial charge in [0.15, 0.2) is 0 Å². The Morgan fingerprint density at radius 3 is 2.62 bits per heavy atom. The summed E-state index contributed by atoms with van der Waals surface area (Å²) in [6, 6.07) is 7.17. The van der Waals surface area contributed by atoms with Gasteiger partial charge >= 0.3 is 0 Å². The van der Waals surface area contributed by atoms with Crippen LogP contribution in [-0.2, 0) is 11.3 Å². The first kappa shape index (κ1) is 14.7. The summed E-state index contributed by atoms with van der Waals surface area (Å²) in [7, 11) is 1.64. The lowest BCUT2D eigenvalue weighted by Crippen LogP contribution is -2.38. The van der Waals surface area contributed by atoms with Gasteiger partial charge in [0.25, 0.3) is 5.91 Å². The Morgan fingerprint density at radius 2 is 2.00 bits per heavy atom. The number of benzene rings is 1. The van der Waals surface area contributed by atoms with E-state index >= 15 is 0 Å². The smallest absolute Gasteiger partial charge is 0.251 e. The summed E-state index contributed by atoms with van der Waals surface area (Å²) >= 11 is 0. The van der Waals surface area contributed by atoms with Gasteiger partial charge in [-0.05, 0) is 19.1 Å². The van der Waals surface area contributed by atoms with Crippen molar-refractivity contribution in [3.05, 3.63) is 47.5 Å². The number of carbonyl (C=O) groups is 2. The molecule has 7 heteroatoms. The lowest BCUT2D eigenvalue weighted by Gasteiger charge is -2.15. The molecule has 2 N–H and O–H groups in total. The molecule has 0 atom stereocenters. The number of aromatic nitrogens is 3. The predicted molar refractivity (Wildman–Crippen MR) is 76.4 cm³/mol. The number of rotatable bonds is 5. The minimum Gasteiger partial charge on any atom is -0.343 e. The molecule has 0 saturated heterocycles. The van der Waals surface area contributed by atoms with Crippen LogP contribution in [0.5, 0.6) is 0 Å². The van der Waals surface area contributed by atoms with Crippen molar-refractivity contribution in [2.24, 2.45) is 0 Å². The number of carbonyl (C=O) groups excluding carboxylic acids is 2. The van der Waals surface area contributed by atoms with Gasteiger partial charge < -0.3 is 10.2 Å². The third-order valence-corrected chi connectivity index (χ3v) is 2.99. The normalized spacial score (nSPS) is 10.2. The number of amides is 2. The highest BCUT2D eigenvalue weighted by molar-refractivity contribution is 5.96. The number of nitrogens with zero attached hydrogens (tertiary/aromatic N) is 3. The number of hydrogen-bond donors (Lipinski definition) is 2. The second kappa shape index (κ2) is 6.65. The van der Waals surface area contributed by atoms with E-state index in [4.69, 9.17) is 0 Å². The minimum atomic E-state index is -0.267. The molecule has 1 heterocycles. The summed E-state index contributed by atoms with van der Waals surface area (Å²) in [4.78, 5) is 29.2. The quantitative estimate of drug-likeness (QED) is 0.838. The molecule has 7 nitrogen and oxygen atoms in total. The number of aromatic amines is 1. The van der Waals surface area contributed by atoms with Crippen LogP contribution in [0.4, 0.5) is 0 Å². The molecule has 110 valence electrons. The number of aryl methyl sites for hydroxylation is 1. The molecular weight excluding hydrogens is 270 g/mol. The lowest BCUT2D eigenvalue weighted by atomic mass is 10.1. The van der Waals surface area contributed by atoms with Crippen molar-refractivity contribution in [3.63, 3.8) is 0 Å². The SMILES string of the molecule is Cc1ccc(C(=O)NCC(=O)N(C)Cc2ncn[nH]2)cc1. The molecule has 1 aromatic heterocycles. The number of nitrogens with one attached hydrogen (secondary N) is 2. The van der Waals surface area contributed by atoms with Gasteiger partial charge in [0.1, 0.15) is 12.2 Å². The van der Waals surface area contributed by atoms with Crippen LogP contribution in [-0.4, -0.2) is 45.5 Å². The van der Waals surface area contributed by atoms with Gasteiger partial charge in [-0.3, -0.25) is 14.7 Å². The third-order valence-electron chi connectivity index (χ3n) is 2.99. The topological polar surface area (TPSA) is 91.0 Å². The van der Waals surface area contributed by atoms with Crippen molar-refractivity contribution in [3.8, 4) is 0 Å². The Hall–Kier alpha value is -2.70. The molecule has 0 spiro atoms. The van der Waals surface area contributed by atoms with Gasteiger partial charge in [-0.2, -0.15) is 5.10 Å². The van der Waals surface area contributed by atoms with Crippen molar-refractivity contribution in [1.29, 1.82) is 0 Å². The molecule has 0 radical (unpaired) electrons. The van der Waals surface area contributed by atoms with Gasteiger partial charge in [0.2, 0.25) is 5.91 Å². The van der Waals surface area contributed by atoms with Crippen LogP contribution in [0.15, 0.2) is 30.6 Å². The van der Waals surface area contributed by atoms with Crippen LogP contribution >= 0.6 is 0 Å². The fourth-order valence-electron chi connectivity index (χ4n) is 1.72. The molecule has 0 fully saturated rings. The minimum absolute atomic E-state index is 0.0582. The number of hydrogen-bond acceptors (Lipinski definition) is 4. The lowest BCUT2D eigenvalue weighted by molar-refractivity contribution is -0.129. The van der Waals surface area contributed by atoms with Crippen LogP contribution < -0.4 is 5.32 Å². The van der Waals surface area contributed by atoms with E-state index < -0.39 is 0 Å². The maximum atomic E-state index is 11.9. The predicted octanol–water partition coefficient (Wildman–Crippen LogP) is 0.502. The molecule has 0 aliphatic rings. The van der Waals surface area contributed by atoms with Gasteiger partial charge in [-0.1, -0.05) is 17.7 Å². The molecule has 0 unspecified atom stereocenters. The van der Waals surface area contributed by atoms with Crippen molar-refractivity contribution in [2.75, 3.05) is 13.6 Å². The zero-order valence-electron chi connectivity index (χ0n) is 12.0. The fourth-order valence-corrected chi connectivity index (χ4v) is 1.72. The highest BCUT2D eigenvalue weighted by Crippen LogP contribution is 2.02. The molecule has 0 aliphatic heterocycles. The van der Waals surface area contributed by atoms with Gasteiger partial charge in [-0.15, -0.1) is 0 Å². The van der Waals surface area contributed by atoms with Gasteiger partial charge in [0.05, 0.1) is 13.1 Å². The van der Waals surface area contributed by atoms with Crippen molar-refractivity contribution < 1.29 is 9.59 Å². The summed E-state index contributed by atoms with van der Waals surface area (Å²) in [5.41, 5.74) is 1.61. The Balaban J connectivity index is 1.83. The van der Waals surface area contributed by atoms with E-state index in [-0.39, 0.29) is 18.4 Å². The maximum absolute atomic E-state index is 11.9. The third kappa shape index (κ3) is 4.13. The second-order valence-electron chi connectivity index (χ2n) is 4.73. The molecule has 21 heavy (non-hydrogen) atoms. The van der Waals surface area contributed by atoms with Crippen molar-refractivity contribution in [2.45, 2.75) is 13.5 Å². The largest absolute Gasteiger partial charge is 0.343 e. The van der Waals surface area contributed by atoms with Crippen molar-refractivity contribution in [1.82, 2.24) is 25.4 Å². The van der Waals surface area contributed by atoms with E-state index in [1.165, 1.54) is 11.2 Å². The average molecular weight is 287 g/mol. The van der Waals surface area contributed by atoms with Crippen LogP contribution in [0.25, 0.3) is 0 Å². The monoisotopic (exact) mass is 287 g/mol. The Labute approximate surface area is 122 Å². The summed E-state index contributed by atoms with van der Waals surface area (Å²) in [6.07, 6.45) is 1.38. The summed E-state index contributed by atoms with van der Waals surface area (Å²) in [6.45, 7) is 2.21. The Bertz CT molecular complexity index is 607. The second-order valence-corrected chi connectivity index (χ2v) is 4.73. The molecule has 1 aromatic carbocycles.